The second kappa shape index (κ2) is 9.54. The molecule has 1 N–H and O–H groups in total. The van der Waals surface area contributed by atoms with Crippen molar-refractivity contribution in [3.05, 3.63) is 69.1 Å². The summed E-state index contributed by atoms with van der Waals surface area (Å²) in [6.07, 6.45) is -0.0509. The van der Waals surface area contributed by atoms with Crippen molar-refractivity contribution in [2.45, 2.75) is 26.8 Å². The molecule has 1 saturated heterocycles. The Labute approximate surface area is 186 Å². The van der Waals surface area contributed by atoms with Crippen LogP contribution in [0.1, 0.15) is 22.3 Å². The predicted octanol–water partition coefficient (Wildman–Crippen LogP) is 3.43. The molecule has 1 aliphatic rings. The van der Waals surface area contributed by atoms with E-state index in [1.165, 1.54) is 5.56 Å². The second-order valence-electron chi connectivity index (χ2n) is 8.07. The average molecular weight is 437 g/mol. The van der Waals surface area contributed by atoms with Crippen molar-refractivity contribution in [1.82, 2.24) is 4.90 Å². The highest BCUT2D eigenvalue weighted by molar-refractivity contribution is 5.93. The molecule has 1 fully saturated rings. The zero-order valence-electron chi connectivity index (χ0n) is 18.7. The lowest BCUT2D eigenvalue weighted by Crippen LogP contribution is -2.35. The number of hydrogen-bond acceptors (Lipinski definition) is 6. The van der Waals surface area contributed by atoms with E-state index in [4.69, 9.17) is 13.9 Å². The first kappa shape index (κ1) is 22.0. The maximum absolute atomic E-state index is 12.7. The van der Waals surface area contributed by atoms with Gasteiger partial charge >= 0.3 is 5.63 Å². The monoisotopic (exact) mass is 436 g/mol. The van der Waals surface area contributed by atoms with Crippen LogP contribution in [0.2, 0.25) is 0 Å². The molecule has 0 spiro atoms. The number of benzene rings is 2. The standard InChI is InChI=1S/C25H28N2O5/c1-16-20-8-9-22(30-3)17(2)24(20)32-25(29)21(16)14-23(28)26-19-6-4-18(5-7-19)15-27-10-12-31-13-11-27/h4-9H,10-15H2,1-3H3,(H,26,28). The summed E-state index contributed by atoms with van der Waals surface area (Å²) in [6, 6.07) is 11.5. The van der Waals surface area contributed by atoms with Crippen molar-refractivity contribution in [1.29, 1.82) is 0 Å². The third-order valence-corrected chi connectivity index (χ3v) is 5.96. The Morgan fingerprint density at radius 3 is 2.47 bits per heavy atom. The Bertz CT molecular complexity index is 1180. The molecule has 2 aromatic carbocycles. The molecule has 3 aromatic rings. The summed E-state index contributed by atoms with van der Waals surface area (Å²) in [6.45, 7) is 7.94. The maximum Gasteiger partial charge on any atom is 0.340 e. The van der Waals surface area contributed by atoms with E-state index in [1.807, 2.05) is 50.2 Å². The number of carbonyl (C=O) groups is 1. The Morgan fingerprint density at radius 2 is 1.78 bits per heavy atom. The molecule has 1 amide bonds. The van der Waals surface area contributed by atoms with Crippen LogP contribution in [0, 0.1) is 13.8 Å². The largest absolute Gasteiger partial charge is 0.496 e. The minimum Gasteiger partial charge on any atom is -0.496 e. The molecule has 32 heavy (non-hydrogen) atoms. The molecular formula is C25H28N2O5. The zero-order valence-corrected chi connectivity index (χ0v) is 18.7. The number of nitrogens with zero attached hydrogens (tertiary/aromatic N) is 1. The molecule has 1 aliphatic heterocycles. The number of rotatable bonds is 6. The fourth-order valence-electron chi connectivity index (χ4n) is 4.07. The van der Waals surface area contributed by atoms with E-state index in [0.29, 0.717) is 22.6 Å². The summed E-state index contributed by atoms with van der Waals surface area (Å²) in [5.74, 6) is 0.397. The molecule has 0 saturated carbocycles. The SMILES string of the molecule is COc1ccc2c(C)c(CC(=O)Nc3ccc(CN4CCOCC4)cc3)c(=O)oc2c1C. The summed E-state index contributed by atoms with van der Waals surface area (Å²) in [4.78, 5) is 27.6. The summed E-state index contributed by atoms with van der Waals surface area (Å²) in [5, 5.41) is 3.68. The third-order valence-electron chi connectivity index (χ3n) is 5.96. The second-order valence-corrected chi connectivity index (χ2v) is 8.07. The molecule has 168 valence electrons. The molecule has 7 nitrogen and oxygen atoms in total. The molecular weight excluding hydrogens is 408 g/mol. The molecule has 0 unspecified atom stereocenters. The van der Waals surface area contributed by atoms with E-state index < -0.39 is 5.63 Å². The topological polar surface area (TPSA) is 81.0 Å². The first-order valence-corrected chi connectivity index (χ1v) is 10.7. The van der Waals surface area contributed by atoms with Crippen LogP contribution in [-0.2, 0) is 22.5 Å². The number of anilines is 1. The van der Waals surface area contributed by atoms with Gasteiger partial charge in [0, 0.05) is 36.3 Å². The minimum absolute atomic E-state index is 0.0509. The van der Waals surface area contributed by atoms with Gasteiger partial charge in [-0.25, -0.2) is 4.79 Å². The van der Waals surface area contributed by atoms with E-state index >= 15 is 0 Å². The van der Waals surface area contributed by atoms with E-state index in [0.717, 1.165) is 49.4 Å². The number of ether oxygens (including phenoxy) is 2. The lowest BCUT2D eigenvalue weighted by molar-refractivity contribution is -0.115. The van der Waals surface area contributed by atoms with Crippen molar-refractivity contribution in [2.75, 3.05) is 38.7 Å². The van der Waals surface area contributed by atoms with Crippen LogP contribution in [0.3, 0.4) is 0 Å². The molecule has 0 radical (unpaired) electrons. The van der Waals surface area contributed by atoms with Gasteiger partial charge in [-0.3, -0.25) is 9.69 Å². The van der Waals surface area contributed by atoms with Gasteiger partial charge in [0.15, 0.2) is 0 Å². The van der Waals surface area contributed by atoms with Crippen molar-refractivity contribution in [2.24, 2.45) is 0 Å². The van der Waals surface area contributed by atoms with Crippen LogP contribution in [0.25, 0.3) is 11.0 Å². The van der Waals surface area contributed by atoms with Crippen molar-refractivity contribution in [3.8, 4) is 5.75 Å². The van der Waals surface area contributed by atoms with Crippen LogP contribution in [0.4, 0.5) is 5.69 Å². The summed E-state index contributed by atoms with van der Waals surface area (Å²) >= 11 is 0. The van der Waals surface area contributed by atoms with E-state index in [9.17, 15) is 9.59 Å². The van der Waals surface area contributed by atoms with E-state index in [1.54, 1.807) is 7.11 Å². The average Bonchev–Trinajstić information content (AvgIpc) is 2.79. The number of nitrogens with one attached hydrogen (secondary N) is 1. The maximum atomic E-state index is 12.7. The fraction of sp³-hybridized carbons (Fsp3) is 0.360. The van der Waals surface area contributed by atoms with Gasteiger partial charge in [-0.2, -0.15) is 0 Å². The smallest absolute Gasteiger partial charge is 0.340 e. The van der Waals surface area contributed by atoms with E-state index in [-0.39, 0.29) is 12.3 Å². The summed E-state index contributed by atoms with van der Waals surface area (Å²) < 4.78 is 16.2. The van der Waals surface area contributed by atoms with Crippen molar-refractivity contribution >= 4 is 22.6 Å². The number of fused-ring (bicyclic) bond motifs is 1. The van der Waals surface area contributed by atoms with Gasteiger partial charge in [0.05, 0.1) is 32.3 Å². The van der Waals surface area contributed by atoms with Crippen LogP contribution < -0.4 is 15.7 Å². The lowest BCUT2D eigenvalue weighted by atomic mass is 10.0. The Hall–Kier alpha value is -3.16. The number of amides is 1. The van der Waals surface area contributed by atoms with Crippen LogP contribution in [0.15, 0.2) is 45.6 Å². The van der Waals surface area contributed by atoms with Gasteiger partial charge in [0.2, 0.25) is 5.91 Å². The molecule has 1 aromatic heterocycles. The Morgan fingerprint density at radius 1 is 1.06 bits per heavy atom. The Kier molecular flexibility index (Phi) is 6.58. The first-order chi connectivity index (χ1) is 15.5. The molecule has 0 aliphatic carbocycles. The predicted molar refractivity (Wildman–Crippen MR) is 123 cm³/mol. The number of hydrogen-bond donors (Lipinski definition) is 1. The van der Waals surface area contributed by atoms with Gasteiger partial charge in [0.1, 0.15) is 11.3 Å². The number of aryl methyl sites for hydroxylation is 2. The van der Waals surface area contributed by atoms with Gasteiger partial charge in [-0.05, 0) is 49.2 Å². The van der Waals surface area contributed by atoms with Crippen LogP contribution >= 0.6 is 0 Å². The highest BCUT2D eigenvalue weighted by Gasteiger charge is 2.18. The summed E-state index contributed by atoms with van der Waals surface area (Å²) in [7, 11) is 1.58. The van der Waals surface area contributed by atoms with E-state index in [2.05, 4.69) is 10.2 Å². The van der Waals surface area contributed by atoms with Gasteiger partial charge in [0.25, 0.3) is 0 Å². The van der Waals surface area contributed by atoms with Crippen LogP contribution in [-0.4, -0.2) is 44.2 Å². The number of morpholine rings is 1. The van der Waals surface area contributed by atoms with Gasteiger partial charge in [-0.1, -0.05) is 12.1 Å². The number of carbonyl (C=O) groups excluding carboxylic acids is 1. The minimum atomic E-state index is -0.498. The number of methoxy groups -OCH3 is 1. The fourth-order valence-corrected chi connectivity index (χ4v) is 4.07. The molecule has 0 bridgehead atoms. The lowest BCUT2D eigenvalue weighted by Gasteiger charge is -2.26. The normalized spacial score (nSPS) is 14.5. The quantitative estimate of drug-likeness (QED) is 0.597. The molecule has 0 atom stereocenters. The van der Waals surface area contributed by atoms with Crippen molar-refractivity contribution < 1.29 is 18.7 Å². The molecule has 7 heteroatoms. The highest BCUT2D eigenvalue weighted by Crippen LogP contribution is 2.29. The highest BCUT2D eigenvalue weighted by atomic mass is 16.5. The zero-order chi connectivity index (χ0) is 22.7. The first-order valence-electron chi connectivity index (χ1n) is 10.7. The van der Waals surface area contributed by atoms with Gasteiger partial charge in [-0.15, -0.1) is 0 Å². The van der Waals surface area contributed by atoms with Crippen LogP contribution in [0.5, 0.6) is 5.75 Å². The third kappa shape index (κ3) is 4.69. The van der Waals surface area contributed by atoms with Crippen molar-refractivity contribution in [3.63, 3.8) is 0 Å². The summed E-state index contributed by atoms with van der Waals surface area (Å²) in [5.41, 5.74) is 3.75. The molecule has 2 heterocycles. The Balaban J connectivity index is 1.46. The molecule has 4 rings (SSSR count). The van der Waals surface area contributed by atoms with Gasteiger partial charge < -0.3 is 19.2 Å².